The molecule has 2 aromatic rings. The van der Waals surface area contributed by atoms with Gasteiger partial charge in [0.25, 0.3) is 5.91 Å². The van der Waals surface area contributed by atoms with Gasteiger partial charge in [-0.3, -0.25) is 9.59 Å². The summed E-state index contributed by atoms with van der Waals surface area (Å²) in [4.78, 5) is 25.7. The van der Waals surface area contributed by atoms with E-state index >= 15 is 0 Å². The van der Waals surface area contributed by atoms with Crippen molar-refractivity contribution in [1.82, 2.24) is 4.57 Å². The van der Waals surface area contributed by atoms with E-state index in [4.69, 9.17) is 11.6 Å². The second-order valence-corrected chi connectivity index (χ2v) is 7.49. The van der Waals surface area contributed by atoms with Gasteiger partial charge in [-0.05, 0) is 44.2 Å². The molecule has 0 aliphatic carbocycles. The van der Waals surface area contributed by atoms with Gasteiger partial charge in [-0.25, -0.2) is 0 Å². The van der Waals surface area contributed by atoms with Gasteiger partial charge < -0.3 is 9.88 Å². The summed E-state index contributed by atoms with van der Waals surface area (Å²) in [6.45, 7) is 12.5. The van der Waals surface area contributed by atoms with E-state index in [0.717, 1.165) is 23.2 Å². The number of amides is 1. The topological polar surface area (TPSA) is 51.1 Å². The number of pyridine rings is 1. The van der Waals surface area contributed by atoms with Crippen LogP contribution in [0.2, 0.25) is 5.02 Å². The second kappa shape index (κ2) is 8.09. The monoisotopic (exact) mass is 374 g/mol. The van der Waals surface area contributed by atoms with Crippen LogP contribution in [0.3, 0.4) is 0 Å². The second-order valence-electron chi connectivity index (χ2n) is 7.11. The summed E-state index contributed by atoms with van der Waals surface area (Å²) in [6, 6.07) is 5.89. The molecule has 2 rings (SSSR count). The third-order valence-corrected chi connectivity index (χ3v) is 5.11. The molecule has 140 valence electrons. The van der Waals surface area contributed by atoms with Crippen molar-refractivity contribution in [1.29, 1.82) is 0 Å². The number of rotatable bonds is 5. The molecule has 1 aromatic heterocycles. The Morgan fingerprint density at radius 1 is 1.19 bits per heavy atom. The van der Waals surface area contributed by atoms with Crippen LogP contribution >= 0.6 is 11.6 Å². The average molecular weight is 375 g/mol. The third kappa shape index (κ3) is 3.85. The van der Waals surface area contributed by atoms with Crippen LogP contribution < -0.4 is 10.7 Å². The number of carbonyl (C=O) groups excluding carboxylic acids is 1. The molecule has 1 aromatic carbocycles. The zero-order chi connectivity index (χ0) is 19.6. The Bertz CT molecular complexity index is 898. The summed E-state index contributed by atoms with van der Waals surface area (Å²) in [6.07, 6.45) is 0.794. The number of anilines is 1. The molecule has 4 nitrogen and oxygen atoms in total. The maximum atomic E-state index is 13.0. The minimum atomic E-state index is -0.411. The third-order valence-electron chi connectivity index (χ3n) is 4.67. The van der Waals surface area contributed by atoms with Gasteiger partial charge in [-0.2, -0.15) is 0 Å². The van der Waals surface area contributed by atoms with Crippen LogP contribution in [-0.4, -0.2) is 10.5 Å². The predicted molar refractivity (Wildman–Crippen MR) is 109 cm³/mol. The number of carbonyl (C=O) groups is 1. The fourth-order valence-corrected chi connectivity index (χ4v) is 3.42. The van der Waals surface area contributed by atoms with Crippen LogP contribution in [0, 0.1) is 26.7 Å². The van der Waals surface area contributed by atoms with E-state index in [-0.39, 0.29) is 10.6 Å². The van der Waals surface area contributed by atoms with Crippen molar-refractivity contribution in [2.24, 2.45) is 5.92 Å². The van der Waals surface area contributed by atoms with Crippen molar-refractivity contribution in [3.8, 4) is 0 Å². The van der Waals surface area contributed by atoms with E-state index in [1.165, 1.54) is 0 Å². The molecule has 0 unspecified atom stereocenters. The van der Waals surface area contributed by atoms with Crippen molar-refractivity contribution in [3.05, 3.63) is 61.5 Å². The summed E-state index contributed by atoms with van der Waals surface area (Å²) in [5, 5.41) is 3.06. The molecule has 0 saturated carbocycles. The van der Waals surface area contributed by atoms with E-state index in [0.29, 0.717) is 23.9 Å². The number of aromatic nitrogens is 1. The van der Waals surface area contributed by atoms with Crippen molar-refractivity contribution in [3.63, 3.8) is 0 Å². The highest BCUT2D eigenvalue weighted by Crippen LogP contribution is 2.23. The largest absolute Gasteiger partial charge is 0.346 e. The molecule has 0 radical (unpaired) electrons. The maximum Gasteiger partial charge on any atom is 0.261 e. The van der Waals surface area contributed by atoms with Gasteiger partial charge in [0.1, 0.15) is 10.6 Å². The van der Waals surface area contributed by atoms with E-state index in [2.05, 4.69) is 19.2 Å². The molecule has 0 spiro atoms. The number of aryl methyl sites for hydroxylation is 2. The normalized spacial score (nSPS) is 11.1. The smallest absolute Gasteiger partial charge is 0.261 e. The van der Waals surface area contributed by atoms with Gasteiger partial charge >= 0.3 is 0 Å². The lowest BCUT2D eigenvalue weighted by atomic mass is 10.0. The minimum absolute atomic E-state index is 0.113. The summed E-state index contributed by atoms with van der Waals surface area (Å²) in [7, 11) is 0. The summed E-state index contributed by atoms with van der Waals surface area (Å²) >= 11 is 6.27. The zero-order valence-corrected chi connectivity index (χ0v) is 17.1. The van der Waals surface area contributed by atoms with Gasteiger partial charge in [0.05, 0.1) is 0 Å². The van der Waals surface area contributed by atoms with E-state index in [1.54, 1.807) is 6.92 Å². The zero-order valence-electron chi connectivity index (χ0n) is 16.4. The first kappa shape index (κ1) is 20.2. The number of hydrogen-bond donors (Lipinski definition) is 1. The number of para-hydroxylation sites is 1. The van der Waals surface area contributed by atoms with Crippen LogP contribution in [0.25, 0.3) is 0 Å². The lowest BCUT2D eigenvalue weighted by Gasteiger charge is -2.21. The van der Waals surface area contributed by atoms with Crippen molar-refractivity contribution in [2.45, 2.75) is 54.5 Å². The molecule has 0 atom stereocenters. The van der Waals surface area contributed by atoms with Crippen LogP contribution in [0.5, 0.6) is 0 Å². The van der Waals surface area contributed by atoms with Gasteiger partial charge in [-0.15, -0.1) is 0 Å². The molecule has 5 heteroatoms. The summed E-state index contributed by atoms with van der Waals surface area (Å²) in [5.41, 5.74) is 3.83. The SMILES string of the molecule is CCc1cccc(C)c1NC(=O)c1c(C)n(CC(C)C)c(C)c(Cl)c1=O. The van der Waals surface area contributed by atoms with Gasteiger partial charge in [0.15, 0.2) is 0 Å². The first-order valence-electron chi connectivity index (χ1n) is 8.98. The lowest BCUT2D eigenvalue weighted by molar-refractivity contribution is 0.102. The summed E-state index contributed by atoms with van der Waals surface area (Å²) < 4.78 is 1.96. The number of halogens is 1. The first-order valence-corrected chi connectivity index (χ1v) is 9.36. The Hall–Kier alpha value is -2.07. The quantitative estimate of drug-likeness (QED) is 0.809. The Balaban J connectivity index is 2.57. The fraction of sp³-hybridized carbons (Fsp3) is 0.429. The molecule has 0 aliphatic heterocycles. The first-order chi connectivity index (χ1) is 12.2. The Morgan fingerprint density at radius 3 is 2.42 bits per heavy atom. The Morgan fingerprint density at radius 2 is 1.85 bits per heavy atom. The van der Waals surface area contributed by atoms with Crippen molar-refractivity contribution < 1.29 is 4.79 Å². The molecule has 0 fully saturated rings. The highest BCUT2D eigenvalue weighted by molar-refractivity contribution is 6.31. The highest BCUT2D eigenvalue weighted by Gasteiger charge is 2.22. The van der Waals surface area contributed by atoms with Crippen LogP contribution in [-0.2, 0) is 13.0 Å². The molecule has 1 heterocycles. The fourth-order valence-electron chi connectivity index (χ4n) is 3.23. The lowest BCUT2D eigenvalue weighted by Crippen LogP contribution is -2.29. The van der Waals surface area contributed by atoms with Crippen molar-refractivity contribution >= 4 is 23.2 Å². The number of benzene rings is 1. The van der Waals surface area contributed by atoms with Crippen molar-refractivity contribution in [2.75, 3.05) is 5.32 Å². The molecular formula is C21H27ClN2O2. The number of nitrogens with zero attached hydrogens (tertiary/aromatic N) is 1. The molecule has 0 aliphatic rings. The standard InChI is InChI=1S/C21H27ClN2O2/c1-7-16-10-8-9-13(4)19(16)23-21(26)17-14(5)24(11-12(2)3)15(6)18(22)20(17)25/h8-10,12H,7,11H2,1-6H3,(H,23,26). The molecule has 1 amide bonds. The van der Waals surface area contributed by atoms with Crippen LogP contribution in [0.4, 0.5) is 5.69 Å². The highest BCUT2D eigenvalue weighted by atomic mass is 35.5. The minimum Gasteiger partial charge on any atom is -0.346 e. The molecule has 0 saturated heterocycles. The number of hydrogen-bond acceptors (Lipinski definition) is 2. The summed E-state index contributed by atoms with van der Waals surface area (Å²) in [5.74, 6) is -0.0409. The average Bonchev–Trinajstić information content (AvgIpc) is 2.58. The van der Waals surface area contributed by atoms with E-state index in [9.17, 15) is 9.59 Å². The molecule has 26 heavy (non-hydrogen) atoms. The number of nitrogens with one attached hydrogen (secondary N) is 1. The molecular weight excluding hydrogens is 348 g/mol. The van der Waals surface area contributed by atoms with E-state index in [1.807, 2.05) is 43.5 Å². The van der Waals surface area contributed by atoms with E-state index < -0.39 is 11.3 Å². The Labute approximate surface area is 160 Å². The van der Waals surface area contributed by atoms with Gasteiger partial charge in [0.2, 0.25) is 5.43 Å². The van der Waals surface area contributed by atoms with Gasteiger partial charge in [0, 0.05) is 23.6 Å². The van der Waals surface area contributed by atoms with Gasteiger partial charge in [-0.1, -0.05) is 50.6 Å². The van der Waals surface area contributed by atoms with Crippen LogP contribution in [0.15, 0.2) is 23.0 Å². The predicted octanol–water partition coefficient (Wildman–Crippen LogP) is 4.90. The van der Waals surface area contributed by atoms with Crippen LogP contribution in [0.1, 0.15) is 53.6 Å². The Kier molecular flexibility index (Phi) is 6.30. The maximum absolute atomic E-state index is 13.0. The molecule has 1 N–H and O–H groups in total. The molecule has 0 bridgehead atoms.